The molecule has 0 saturated carbocycles. The van der Waals surface area contributed by atoms with E-state index in [2.05, 4.69) is 15.0 Å². The lowest BCUT2D eigenvalue weighted by molar-refractivity contribution is 0.101. The SMILES string of the molecule is C[C@@H](CCc1ccc(F)cc1)[C@H]1CCc2c(cn(C)c2C(=O)Nc2cc(F)nc(C#N)c2)S(=N)(=O)N1. The molecule has 3 heterocycles. The molecule has 36 heavy (non-hydrogen) atoms. The smallest absolute Gasteiger partial charge is 0.272 e. The van der Waals surface area contributed by atoms with E-state index in [-0.39, 0.29) is 39.7 Å². The molecule has 0 spiro atoms. The number of fused-ring (bicyclic) bond motifs is 1. The van der Waals surface area contributed by atoms with Gasteiger partial charge in [0.15, 0.2) is 0 Å². The van der Waals surface area contributed by atoms with Crippen LogP contribution in [-0.4, -0.2) is 25.7 Å². The van der Waals surface area contributed by atoms with Crippen molar-refractivity contribution in [1.82, 2.24) is 14.3 Å². The summed E-state index contributed by atoms with van der Waals surface area (Å²) in [5, 5.41) is 11.6. The van der Waals surface area contributed by atoms with Crippen LogP contribution >= 0.6 is 0 Å². The van der Waals surface area contributed by atoms with E-state index in [9.17, 15) is 17.8 Å². The minimum atomic E-state index is -3.40. The first kappa shape index (κ1) is 25.5. The number of anilines is 1. The molecule has 1 amide bonds. The van der Waals surface area contributed by atoms with Crippen molar-refractivity contribution in [3.8, 4) is 6.07 Å². The van der Waals surface area contributed by atoms with E-state index in [0.29, 0.717) is 24.8 Å². The molecule has 1 aliphatic heterocycles. The van der Waals surface area contributed by atoms with Crippen LogP contribution in [0.1, 0.15) is 47.1 Å². The molecule has 0 aliphatic carbocycles. The lowest BCUT2D eigenvalue weighted by Gasteiger charge is -2.24. The van der Waals surface area contributed by atoms with Gasteiger partial charge in [0.25, 0.3) is 5.91 Å². The van der Waals surface area contributed by atoms with Crippen LogP contribution in [0, 0.1) is 33.8 Å². The Hall–Kier alpha value is -3.62. The molecule has 2 aromatic heterocycles. The van der Waals surface area contributed by atoms with Gasteiger partial charge in [0, 0.05) is 36.6 Å². The molecular weight excluding hydrogens is 486 g/mol. The number of halogens is 2. The molecule has 3 aromatic rings. The molecule has 0 saturated heterocycles. The maximum atomic E-state index is 13.7. The zero-order valence-electron chi connectivity index (χ0n) is 19.8. The van der Waals surface area contributed by atoms with E-state index in [1.807, 2.05) is 6.92 Å². The number of aromatic nitrogens is 2. The van der Waals surface area contributed by atoms with E-state index in [1.54, 1.807) is 25.2 Å². The van der Waals surface area contributed by atoms with Gasteiger partial charge < -0.3 is 9.88 Å². The Kier molecular flexibility index (Phi) is 7.19. The molecular formula is C25H26F2N6O2S. The zero-order chi connectivity index (χ0) is 26.0. The summed E-state index contributed by atoms with van der Waals surface area (Å²) in [5.74, 6) is -1.68. The van der Waals surface area contributed by atoms with Gasteiger partial charge in [-0.05, 0) is 55.4 Å². The van der Waals surface area contributed by atoms with Gasteiger partial charge in [-0.15, -0.1) is 0 Å². The Morgan fingerprint density at radius 3 is 2.78 bits per heavy atom. The number of pyridine rings is 1. The molecule has 1 aliphatic rings. The van der Waals surface area contributed by atoms with Crippen molar-refractivity contribution < 1.29 is 17.8 Å². The lowest BCUT2D eigenvalue weighted by Crippen LogP contribution is -2.37. The molecule has 0 fully saturated rings. The fourth-order valence-electron chi connectivity index (χ4n) is 4.53. The van der Waals surface area contributed by atoms with Crippen molar-refractivity contribution >= 4 is 21.5 Å². The zero-order valence-corrected chi connectivity index (χ0v) is 20.7. The van der Waals surface area contributed by atoms with E-state index in [4.69, 9.17) is 10.0 Å². The number of carbonyl (C=O) groups excluding carboxylic acids is 1. The summed E-state index contributed by atoms with van der Waals surface area (Å²) in [5.41, 5.74) is 1.63. The second-order valence-corrected chi connectivity index (χ2v) is 10.8. The third-order valence-corrected chi connectivity index (χ3v) is 8.06. The van der Waals surface area contributed by atoms with Gasteiger partial charge in [-0.2, -0.15) is 9.65 Å². The third kappa shape index (κ3) is 5.45. The Morgan fingerprint density at radius 2 is 2.08 bits per heavy atom. The van der Waals surface area contributed by atoms with Crippen molar-refractivity contribution in [3.63, 3.8) is 0 Å². The summed E-state index contributed by atoms with van der Waals surface area (Å²) < 4.78 is 53.4. The van der Waals surface area contributed by atoms with Crippen molar-refractivity contribution in [1.29, 1.82) is 10.0 Å². The predicted octanol–water partition coefficient (Wildman–Crippen LogP) is 4.32. The molecule has 0 bridgehead atoms. The Morgan fingerprint density at radius 1 is 1.36 bits per heavy atom. The van der Waals surface area contributed by atoms with Gasteiger partial charge in [-0.3, -0.25) is 4.79 Å². The van der Waals surface area contributed by atoms with Gasteiger partial charge in [0.05, 0.1) is 4.90 Å². The second kappa shape index (κ2) is 10.2. The number of amides is 1. The van der Waals surface area contributed by atoms with Gasteiger partial charge in [-0.1, -0.05) is 19.1 Å². The fourth-order valence-corrected chi connectivity index (χ4v) is 6.29. The maximum absolute atomic E-state index is 13.7. The van der Waals surface area contributed by atoms with Gasteiger partial charge >= 0.3 is 0 Å². The normalized spacial score (nSPS) is 20.1. The van der Waals surface area contributed by atoms with Crippen LogP contribution in [0.25, 0.3) is 0 Å². The van der Waals surface area contributed by atoms with Crippen molar-refractivity contribution in [2.45, 2.75) is 43.5 Å². The highest BCUT2D eigenvalue weighted by Gasteiger charge is 2.32. The Labute approximate surface area is 208 Å². The molecule has 3 atom stereocenters. The van der Waals surface area contributed by atoms with Crippen molar-refractivity contribution in [3.05, 3.63) is 76.9 Å². The largest absolute Gasteiger partial charge is 0.345 e. The minimum Gasteiger partial charge on any atom is -0.345 e. The first-order chi connectivity index (χ1) is 17.1. The quantitative estimate of drug-likeness (QED) is 0.426. The molecule has 3 N–H and O–H groups in total. The number of hydrogen-bond donors (Lipinski definition) is 3. The Bertz CT molecular complexity index is 1440. The number of nitrogens with zero attached hydrogens (tertiary/aromatic N) is 3. The van der Waals surface area contributed by atoms with E-state index >= 15 is 0 Å². The summed E-state index contributed by atoms with van der Waals surface area (Å²) in [6.07, 6.45) is 3.96. The van der Waals surface area contributed by atoms with E-state index in [1.165, 1.54) is 29.0 Å². The molecule has 8 nitrogen and oxygen atoms in total. The highest BCUT2D eigenvalue weighted by Crippen LogP contribution is 2.31. The number of nitrogens with one attached hydrogen (secondary N) is 3. The first-order valence-electron chi connectivity index (χ1n) is 11.4. The van der Waals surface area contributed by atoms with Crippen LogP contribution in [-0.2, 0) is 29.8 Å². The van der Waals surface area contributed by atoms with Crippen LogP contribution in [0.15, 0.2) is 47.5 Å². The average Bonchev–Trinajstić information content (AvgIpc) is 3.11. The van der Waals surface area contributed by atoms with Crippen molar-refractivity contribution in [2.24, 2.45) is 13.0 Å². The first-order valence-corrected chi connectivity index (χ1v) is 13.0. The minimum absolute atomic E-state index is 0.0699. The monoisotopic (exact) mass is 512 g/mol. The summed E-state index contributed by atoms with van der Waals surface area (Å²) >= 11 is 0. The average molecular weight is 513 g/mol. The molecule has 11 heteroatoms. The summed E-state index contributed by atoms with van der Waals surface area (Å²) in [7, 11) is -1.78. The van der Waals surface area contributed by atoms with Crippen LogP contribution in [0.4, 0.5) is 14.5 Å². The number of carbonyl (C=O) groups is 1. The van der Waals surface area contributed by atoms with Gasteiger partial charge in [-0.25, -0.2) is 23.1 Å². The van der Waals surface area contributed by atoms with Crippen LogP contribution in [0.2, 0.25) is 0 Å². The number of hydrogen-bond acceptors (Lipinski definition) is 5. The van der Waals surface area contributed by atoms with Crippen LogP contribution in [0.5, 0.6) is 0 Å². The standard InChI is InChI=1S/C25H26F2N6O2S/c1-15(3-4-16-5-7-17(26)8-6-16)21-10-9-20-22(36(29,35)32-21)14-33(2)24(20)25(34)31-18-11-19(13-28)30-23(27)12-18/h5-8,11-12,14-15,21H,3-4,9-10H2,1-2H3,(H2,29,32,35)(H,30,31,34)/t15-,21+,36?/m0/s1. The molecule has 188 valence electrons. The number of rotatable bonds is 6. The predicted molar refractivity (Wildman–Crippen MR) is 131 cm³/mol. The highest BCUT2D eigenvalue weighted by molar-refractivity contribution is 7.90. The van der Waals surface area contributed by atoms with Crippen LogP contribution < -0.4 is 10.0 Å². The summed E-state index contributed by atoms with van der Waals surface area (Å²) in [4.78, 5) is 16.8. The van der Waals surface area contributed by atoms with E-state index < -0.39 is 21.8 Å². The van der Waals surface area contributed by atoms with Gasteiger partial charge in [0.2, 0.25) is 5.95 Å². The molecule has 0 radical (unpaired) electrons. The van der Waals surface area contributed by atoms with Crippen LogP contribution in [0.3, 0.4) is 0 Å². The second-order valence-electron chi connectivity index (χ2n) is 9.02. The van der Waals surface area contributed by atoms with Crippen molar-refractivity contribution in [2.75, 3.05) is 5.32 Å². The summed E-state index contributed by atoms with van der Waals surface area (Å²) in [6.45, 7) is 2.02. The summed E-state index contributed by atoms with van der Waals surface area (Å²) in [6, 6.07) is 10.1. The molecule has 1 aromatic carbocycles. The topological polar surface area (TPSA) is 124 Å². The highest BCUT2D eigenvalue weighted by atomic mass is 32.2. The van der Waals surface area contributed by atoms with E-state index in [0.717, 1.165) is 18.1 Å². The molecule has 4 rings (SSSR count). The van der Waals surface area contributed by atoms with Gasteiger partial charge in [0.1, 0.15) is 33.2 Å². The number of benzene rings is 1. The Balaban J connectivity index is 1.53. The third-order valence-electron chi connectivity index (χ3n) is 6.45. The molecule has 1 unspecified atom stereocenters. The lowest BCUT2D eigenvalue weighted by atomic mass is 9.91. The number of nitriles is 1. The maximum Gasteiger partial charge on any atom is 0.272 e. The number of aryl methyl sites for hydroxylation is 2. The fraction of sp³-hybridized carbons (Fsp3) is 0.320.